The summed E-state index contributed by atoms with van der Waals surface area (Å²) in [5, 5.41) is 5.43. The molecule has 3 rings (SSSR count). The van der Waals surface area contributed by atoms with E-state index in [0.717, 1.165) is 35.1 Å². The number of rotatable bonds is 5. The van der Waals surface area contributed by atoms with Crippen LogP contribution in [0.25, 0.3) is 10.8 Å². The summed E-state index contributed by atoms with van der Waals surface area (Å²) in [4.78, 5) is 15.1. The number of amides is 1. The molecule has 26 heavy (non-hydrogen) atoms. The zero-order valence-corrected chi connectivity index (χ0v) is 16.1. The topological polar surface area (TPSA) is 32.3 Å². The molecular formula is C22H23ClN2O. The number of nitrogens with zero attached hydrogens (tertiary/aromatic N) is 1. The van der Waals surface area contributed by atoms with Crippen LogP contribution in [0.3, 0.4) is 0 Å². The second-order valence-electron chi connectivity index (χ2n) is 6.27. The highest BCUT2D eigenvalue weighted by atomic mass is 35.5. The summed E-state index contributed by atoms with van der Waals surface area (Å²) < 4.78 is 0. The molecule has 0 atom stereocenters. The van der Waals surface area contributed by atoms with Gasteiger partial charge in [0.05, 0.1) is 0 Å². The zero-order chi connectivity index (χ0) is 18.7. The molecule has 0 aliphatic heterocycles. The maximum absolute atomic E-state index is 12.9. The largest absolute Gasteiger partial charge is 0.372 e. The molecule has 1 N–H and O–H groups in total. The fraction of sp³-hybridized carbons (Fsp3) is 0.227. The summed E-state index contributed by atoms with van der Waals surface area (Å²) in [6.07, 6.45) is 0. The Bertz CT molecular complexity index is 948. The van der Waals surface area contributed by atoms with E-state index >= 15 is 0 Å². The first-order valence-electron chi connectivity index (χ1n) is 8.89. The number of halogens is 1. The van der Waals surface area contributed by atoms with Gasteiger partial charge in [-0.2, -0.15) is 0 Å². The van der Waals surface area contributed by atoms with E-state index in [1.165, 1.54) is 5.69 Å². The lowest BCUT2D eigenvalue weighted by molar-refractivity contribution is 0.102. The Balaban J connectivity index is 1.90. The average Bonchev–Trinajstić information content (AvgIpc) is 2.64. The fourth-order valence-electron chi connectivity index (χ4n) is 3.23. The lowest BCUT2D eigenvalue weighted by Crippen LogP contribution is -2.22. The third-order valence-corrected chi connectivity index (χ3v) is 5.03. The van der Waals surface area contributed by atoms with E-state index in [1.807, 2.05) is 49.4 Å². The number of aryl methyl sites for hydroxylation is 1. The minimum absolute atomic E-state index is 0.128. The van der Waals surface area contributed by atoms with Gasteiger partial charge in [0.25, 0.3) is 5.91 Å². The molecular weight excluding hydrogens is 344 g/mol. The molecule has 0 bridgehead atoms. The van der Waals surface area contributed by atoms with Gasteiger partial charge in [0.15, 0.2) is 0 Å². The van der Waals surface area contributed by atoms with Gasteiger partial charge in [-0.15, -0.1) is 0 Å². The fourth-order valence-corrected chi connectivity index (χ4v) is 3.47. The summed E-state index contributed by atoms with van der Waals surface area (Å²) in [6.45, 7) is 8.21. The van der Waals surface area contributed by atoms with Gasteiger partial charge < -0.3 is 10.2 Å². The normalized spacial score (nSPS) is 10.8. The number of benzene rings is 3. The van der Waals surface area contributed by atoms with Crippen LogP contribution in [0.1, 0.15) is 29.8 Å². The molecule has 3 aromatic carbocycles. The van der Waals surface area contributed by atoms with Crippen LogP contribution in [0, 0.1) is 6.92 Å². The quantitative estimate of drug-likeness (QED) is 0.609. The number of fused-ring (bicyclic) bond motifs is 1. The van der Waals surface area contributed by atoms with Gasteiger partial charge in [-0.1, -0.05) is 35.9 Å². The van der Waals surface area contributed by atoms with Crippen LogP contribution >= 0.6 is 11.6 Å². The minimum atomic E-state index is -0.128. The van der Waals surface area contributed by atoms with E-state index < -0.39 is 0 Å². The lowest BCUT2D eigenvalue weighted by Gasteiger charge is -2.22. The monoisotopic (exact) mass is 366 g/mol. The van der Waals surface area contributed by atoms with Crippen LogP contribution in [0.4, 0.5) is 11.4 Å². The third kappa shape index (κ3) is 3.54. The maximum Gasteiger partial charge on any atom is 0.256 e. The molecule has 0 radical (unpaired) electrons. The molecule has 3 nitrogen and oxygen atoms in total. The molecule has 0 unspecified atom stereocenters. The van der Waals surface area contributed by atoms with Gasteiger partial charge in [-0.3, -0.25) is 4.79 Å². The number of hydrogen-bond donors (Lipinski definition) is 1. The van der Waals surface area contributed by atoms with Crippen molar-refractivity contribution in [3.8, 4) is 0 Å². The molecule has 4 heteroatoms. The minimum Gasteiger partial charge on any atom is -0.372 e. The Kier molecular flexibility index (Phi) is 5.48. The van der Waals surface area contributed by atoms with Crippen molar-refractivity contribution in [2.45, 2.75) is 20.8 Å². The summed E-state index contributed by atoms with van der Waals surface area (Å²) in [6, 6.07) is 17.4. The van der Waals surface area contributed by atoms with Crippen molar-refractivity contribution in [1.82, 2.24) is 0 Å². The van der Waals surface area contributed by atoms with Gasteiger partial charge in [-0.05, 0) is 62.1 Å². The molecule has 0 spiro atoms. The standard InChI is InChI=1S/C22H23ClN2O/c1-4-25(5-2)16-12-13-21(15(3)14-16)24-22(26)19-10-6-9-18-17(19)8-7-11-20(18)23/h6-14H,4-5H2,1-3H3,(H,24,26). The smallest absolute Gasteiger partial charge is 0.256 e. The second-order valence-corrected chi connectivity index (χ2v) is 6.67. The predicted molar refractivity (Wildman–Crippen MR) is 112 cm³/mol. The highest BCUT2D eigenvalue weighted by Gasteiger charge is 2.13. The SMILES string of the molecule is CCN(CC)c1ccc(NC(=O)c2cccc3c(Cl)cccc23)c(C)c1. The van der Waals surface area contributed by atoms with E-state index in [1.54, 1.807) is 0 Å². The Morgan fingerprint density at radius 2 is 1.69 bits per heavy atom. The molecule has 1 amide bonds. The van der Waals surface area contributed by atoms with Crippen LogP contribution in [0.2, 0.25) is 5.02 Å². The van der Waals surface area contributed by atoms with Crippen LogP contribution < -0.4 is 10.2 Å². The predicted octanol–water partition coefficient (Wildman–Crippen LogP) is 5.90. The Hall–Kier alpha value is -2.52. The molecule has 0 saturated carbocycles. The highest BCUT2D eigenvalue weighted by Crippen LogP contribution is 2.28. The van der Waals surface area contributed by atoms with E-state index in [0.29, 0.717) is 10.6 Å². The highest BCUT2D eigenvalue weighted by molar-refractivity contribution is 6.36. The van der Waals surface area contributed by atoms with Crippen molar-refractivity contribution < 1.29 is 4.79 Å². The molecule has 0 saturated heterocycles. The number of hydrogen-bond acceptors (Lipinski definition) is 2. The van der Waals surface area contributed by atoms with Gasteiger partial charge in [0.2, 0.25) is 0 Å². The Labute approximate surface area is 159 Å². The maximum atomic E-state index is 12.9. The number of carbonyl (C=O) groups is 1. The molecule has 0 aliphatic carbocycles. The molecule has 3 aromatic rings. The summed E-state index contributed by atoms with van der Waals surface area (Å²) >= 11 is 6.26. The van der Waals surface area contributed by atoms with Crippen LogP contribution in [-0.2, 0) is 0 Å². The number of nitrogens with one attached hydrogen (secondary N) is 1. The van der Waals surface area contributed by atoms with Gasteiger partial charge in [0, 0.05) is 40.4 Å². The van der Waals surface area contributed by atoms with Crippen molar-refractivity contribution in [1.29, 1.82) is 0 Å². The summed E-state index contributed by atoms with van der Waals surface area (Å²) in [7, 11) is 0. The molecule has 0 heterocycles. The van der Waals surface area contributed by atoms with E-state index in [-0.39, 0.29) is 5.91 Å². The lowest BCUT2D eigenvalue weighted by atomic mass is 10.0. The average molecular weight is 367 g/mol. The number of carbonyl (C=O) groups excluding carboxylic acids is 1. The summed E-state index contributed by atoms with van der Waals surface area (Å²) in [5.41, 5.74) is 3.66. The Morgan fingerprint density at radius 1 is 1.00 bits per heavy atom. The Morgan fingerprint density at radius 3 is 2.38 bits per heavy atom. The third-order valence-electron chi connectivity index (χ3n) is 4.70. The van der Waals surface area contributed by atoms with Crippen molar-refractivity contribution in [2.24, 2.45) is 0 Å². The molecule has 0 aromatic heterocycles. The van der Waals surface area contributed by atoms with Crippen LogP contribution in [0.5, 0.6) is 0 Å². The van der Waals surface area contributed by atoms with Crippen LogP contribution in [-0.4, -0.2) is 19.0 Å². The van der Waals surface area contributed by atoms with E-state index in [2.05, 4.69) is 36.2 Å². The number of anilines is 2. The summed E-state index contributed by atoms with van der Waals surface area (Å²) in [5.74, 6) is -0.128. The van der Waals surface area contributed by atoms with Gasteiger partial charge in [-0.25, -0.2) is 0 Å². The van der Waals surface area contributed by atoms with Crippen molar-refractivity contribution in [3.05, 3.63) is 70.7 Å². The second kappa shape index (κ2) is 7.79. The van der Waals surface area contributed by atoms with Crippen molar-refractivity contribution >= 4 is 39.7 Å². The first-order valence-corrected chi connectivity index (χ1v) is 9.27. The molecule has 0 aliphatic rings. The van der Waals surface area contributed by atoms with Crippen molar-refractivity contribution in [3.63, 3.8) is 0 Å². The van der Waals surface area contributed by atoms with E-state index in [9.17, 15) is 4.79 Å². The van der Waals surface area contributed by atoms with Crippen molar-refractivity contribution in [2.75, 3.05) is 23.3 Å². The molecule has 134 valence electrons. The first-order chi connectivity index (χ1) is 12.5. The van der Waals surface area contributed by atoms with Crippen LogP contribution in [0.15, 0.2) is 54.6 Å². The van der Waals surface area contributed by atoms with Gasteiger partial charge in [0.1, 0.15) is 0 Å². The van der Waals surface area contributed by atoms with E-state index in [4.69, 9.17) is 11.6 Å². The zero-order valence-electron chi connectivity index (χ0n) is 15.3. The van der Waals surface area contributed by atoms with Gasteiger partial charge >= 0.3 is 0 Å². The first kappa shape index (κ1) is 18.3. The molecule has 0 fully saturated rings.